The van der Waals surface area contributed by atoms with E-state index >= 15 is 0 Å². The number of rotatable bonds is 7. The SMILES string of the molecule is CCN1CCCC1CNC(=NC)NCC(c1c(F)cccc1F)N(C)C. The number of nitrogens with zero attached hydrogens (tertiary/aromatic N) is 3. The second-order valence-electron chi connectivity index (χ2n) is 6.87. The Hall–Kier alpha value is -1.73. The molecule has 2 rings (SSSR count). The largest absolute Gasteiger partial charge is 0.355 e. The lowest BCUT2D eigenvalue weighted by atomic mass is 10.0. The smallest absolute Gasteiger partial charge is 0.191 e. The minimum Gasteiger partial charge on any atom is -0.355 e. The molecule has 1 saturated heterocycles. The first-order chi connectivity index (χ1) is 12.5. The lowest BCUT2D eigenvalue weighted by Crippen LogP contribution is -2.46. The maximum absolute atomic E-state index is 14.2. The molecule has 26 heavy (non-hydrogen) atoms. The Morgan fingerprint density at radius 3 is 2.58 bits per heavy atom. The number of likely N-dealkylation sites (tertiary alicyclic amines) is 1. The van der Waals surface area contributed by atoms with Crippen molar-refractivity contribution in [1.29, 1.82) is 0 Å². The highest BCUT2D eigenvalue weighted by atomic mass is 19.1. The van der Waals surface area contributed by atoms with E-state index in [4.69, 9.17) is 0 Å². The summed E-state index contributed by atoms with van der Waals surface area (Å²) in [5, 5.41) is 6.55. The zero-order valence-electron chi connectivity index (χ0n) is 16.2. The fourth-order valence-electron chi connectivity index (χ4n) is 3.54. The molecule has 1 aromatic rings. The van der Waals surface area contributed by atoms with Crippen LogP contribution in [-0.4, -0.2) is 69.1 Å². The van der Waals surface area contributed by atoms with Crippen LogP contribution in [0, 0.1) is 11.6 Å². The van der Waals surface area contributed by atoms with Crippen molar-refractivity contribution >= 4 is 5.96 Å². The Balaban J connectivity index is 1.96. The molecule has 1 aliphatic rings. The molecule has 0 amide bonds. The average molecular weight is 367 g/mol. The standard InChI is InChI=1S/C19H31F2N5/c1-5-26-11-7-8-14(26)12-23-19(22-2)24-13-17(25(3)4)18-15(20)9-6-10-16(18)21/h6,9-10,14,17H,5,7-8,11-13H2,1-4H3,(H2,22,23,24). The molecule has 0 saturated carbocycles. The number of aliphatic imine (C=N–C) groups is 1. The van der Waals surface area contributed by atoms with E-state index in [1.807, 2.05) is 14.1 Å². The zero-order chi connectivity index (χ0) is 19.1. The van der Waals surface area contributed by atoms with Crippen LogP contribution >= 0.6 is 0 Å². The summed E-state index contributed by atoms with van der Waals surface area (Å²) in [5.74, 6) is -0.410. The first kappa shape index (κ1) is 20.6. The van der Waals surface area contributed by atoms with Crippen molar-refractivity contribution in [1.82, 2.24) is 20.4 Å². The molecule has 0 bridgehead atoms. The molecule has 1 aliphatic heterocycles. The van der Waals surface area contributed by atoms with Gasteiger partial charge in [0.25, 0.3) is 0 Å². The van der Waals surface area contributed by atoms with Crippen molar-refractivity contribution in [3.05, 3.63) is 35.4 Å². The molecular formula is C19H31F2N5. The average Bonchev–Trinajstić information content (AvgIpc) is 3.07. The van der Waals surface area contributed by atoms with Crippen LogP contribution in [0.2, 0.25) is 0 Å². The van der Waals surface area contributed by atoms with Crippen molar-refractivity contribution in [2.24, 2.45) is 4.99 Å². The molecule has 0 aromatic heterocycles. The normalized spacial score (nSPS) is 19.8. The topological polar surface area (TPSA) is 42.9 Å². The summed E-state index contributed by atoms with van der Waals surface area (Å²) >= 11 is 0. The van der Waals surface area contributed by atoms with Crippen LogP contribution in [0.1, 0.15) is 31.4 Å². The zero-order valence-corrected chi connectivity index (χ0v) is 16.2. The summed E-state index contributed by atoms with van der Waals surface area (Å²) in [6.45, 7) is 5.54. The van der Waals surface area contributed by atoms with Gasteiger partial charge in [-0.15, -0.1) is 0 Å². The number of likely N-dealkylation sites (N-methyl/N-ethyl adjacent to an activating group) is 2. The maximum Gasteiger partial charge on any atom is 0.191 e. The molecule has 1 aromatic carbocycles. The van der Waals surface area contributed by atoms with Gasteiger partial charge in [-0.25, -0.2) is 8.78 Å². The molecule has 2 N–H and O–H groups in total. The summed E-state index contributed by atoms with van der Waals surface area (Å²) in [7, 11) is 5.33. The number of nitrogens with one attached hydrogen (secondary N) is 2. The summed E-state index contributed by atoms with van der Waals surface area (Å²) in [6.07, 6.45) is 2.40. The quantitative estimate of drug-likeness (QED) is 0.573. The maximum atomic E-state index is 14.2. The van der Waals surface area contributed by atoms with Crippen molar-refractivity contribution < 1.29 is 8.78 Å². The molecule has 0 radical (unpaired) electrons. The van der Waals surface area contributed by atoms with Gasteiger partial charge < -0.3 is 15.5 Å². The molecule has 1 fully saturated rings. The van der Waals surface area contributed by atoms with Crippen molar-refractivity contribution in [3.63, 3.8) is 0 Å². The number of benzene rings is 1. The van der Waals surface area contributed by atoms with Gasteiger partial charge in [0.05, 0.1) is 6.04 Å². The fraction of sp³-hybridized carbons (Fsp3) is 0.632. The second-order valence-corrected chi connectivity index (χ2v) is 6.87. The molecule has 2 atom stereocenters. The Kier molecular flexibility index (Phi) is 7.78. The lowest BCUT2D eigenvalue weighted by molar-refractivity contribution is 0.265. The number of hydrogen-bond acceptors (Lipinski definition) is 3. The minimum atomic E-state index is -0.530. The highest BCUT2D eigenvalue weighted by Gasteiger charge is 2.24. The third kappa shape index (κ3) is 5.14. The first-order valence-electron chi connectivity index (χ1n) is 9.26. The van der Waals surface area contributed by atoms with E-state index in [0.29, 0.717) is 18.5 Å². The van der Waals surface area contributed by atoms with Gasteiger partial charge in [0.1, 0.15) is 11.6 Å². The number of hydrogen-bond donors (Lipinski definition) is 2. The Bertz CT molecular complexity index is 585. The van der Waals surface area contributed by atoms with Crippen LogP contribution in [-0.2, 0) is 0 Å². The molecule has 146 valence electrons. The predicted molar refractivity (Wildman–Crippen MR) is 102 cm³/mol. The van der Waals surface area contributed by atoms with Gasteiger partial charge in [-0.3, -0.25) is 9.89 Å². The second kappa shape index (κ2) is 9.83. The lowest BCUT2D eigenvalue weighted by Gasteiger charge is -2.27. The van der Waals surface area contributed by atoms with Crippen LogP contribution in [0.5, 0.6) is 0 Å². The van der Waals surface area contributed by atoms with E-state index < -0.39 is 17.7 Å². The molecule has 7 heteroatoms. The van der Waals surface area contributed by atoms with Gasteiger partial charge >= 0.3 is 0 Å². The summed E-state index contributed by atoms with van der Waals surface area (Å²) in [5.41, 5.74) is 0.0772. The molecule has 2 unspecified atom stereocenters. The minimum absolute atomic E-state index is 0.0772. The van der Waals surface area contributed by atoms with E-state index in [-0.39, 0.29) is 5.56 Å². The Labute approximate surface area is 155 Å². The van der Waals surface area contributed by atoms with Gasteiger partial charge in [-0.2, -0.15) is 0 Å². The first-order valence-corrected chi connectivity index (χ1v) is 9.26. The van der Waals surface area contributed by atoms with Gasteiger partial charge in [0, 0.05) is 31.7 Å². The third-order valence-electron chi connectivity index (χ3n) is 5.05. The van der Waals surface area contributed by atoms with E-state index in [2.05, 4.69) is 27.4 Å². The van der Waals surface area contributed by atoms with Gasteiger partial charge in [0.15, 0.2) is 5.96 Å². The number of guanidine groups is 1. The molecular weight excluding hydrogens is 336 g/mol. The van der Waals surface area contributed by atoms with Crippen LogP contribution in [0.15, 0.2) is 23.2 Å². The van der Waals surface area contributed by atoms with Crippen LogP contribution in [0.4, 0.5) is 8.78 Å². The van der Waals surface area contributed by atoms with Crippen LogP contribution in [0.25, 0.3) is 0 Å². The van der Waals surface area contributed by atoms with E-state index in [1.54, 1.807) is 11.9 Å². The van der Waals surface area contributed by atoms with Gasteiger partial charge in [-0.1, -0.05) is 13.0 Å². The molecule has 5 nitrogen and oxygen atoms in total. The predicted octanol–water partition coefficient (Wildman–Crippen LogP) is 2.22. The van der Waals surface area contributed by atoms with E-state index in [1.165, 1.54) is 31.0 Å². The van der Waals surface area contributed by atoms with Crippen molar-refractivity contribution in [3.8, 4) is 0 Å². The van der Waals surface area contributed by atoms with Crippen molar-refractivity contribution in [2.75, 3.05) is 47.3 Å². The van der Waals surface area contributed by atoms with Gasteiger partial charge in [-0.05, 0) is 52.2 Å². The molecule has 0 spiro atoms. The van der Waals surface area contributed by atoms with E-state index in [9.17, 15) is 8.78 Å². The fourth-order valence-corrected chi connectivity index (χ4v) is 3.54. The summed E-state index contributed by atoms with van der Waals surface area (Å²) in [4.78, 5) is 8.50. The highest BCUT2D eigenvalue weighted by Crippen LogP contribution is 2.23. The third-order valence-corrected chi connectivity index (χ3v) is 5.05. The molecule has 0 aliphatic carbocycles. The van der Waals surface area contributed by atoms with E-state index in [0.717, 1.165) is 19.6 Å². The number of halogens is 2. The highest BCUT2D eigenvalue weighted by molar-refractivity contribution is 5.79. The van der Waals surface area contributed by atoms with Crippen LogP contribution in [0.3, 0.4) is 0 Å². The van der Waals surface area contributed by atoms with Gasteiger partial charge in [0.2, 0.25) is 0 Å². The van der Waals surface area contributed by atoms with Crippen molar-refractivity contribution in [2.45, 2.75) is 31.8 Å². The Morgan fingerprint density at radius 2 is 2.00 bits per heavy atom. The summed E-state index contributed by atoms with van der Waals surface area (Å²) in [6, 6.07) is 4.04. The van der Waals surface area contributed by atoms with Crippen LogP contribution < -0.4 is 10.6 Å². The Morgan fingerprint density at radius 1 is 1.31 bits per heavy atom. The summed E-state index contributed by atoms with van der Waals surface area (Å²) < 4.78 is 28.3. The monoisotopic (exact) mass is 367 g/mol. The molecule has 1 heterocycles.